The van der Waals surface area contributed by atoms with E-state index in [1.54, 1.807) is 14.2 Å². The van der Waals surface area contributed by atoms with E-state index >= 15 is 0 Å². The van der Waals surface area contributed by atoms with Crippen LogP contribution in [-0.2, 0) is 11.3 Å². The topological polar surface area (TPSA) is 56.8 Å². The fraction of sp³-hybridized carbons (Fsp3) is 0.174. The Balaban J connectivity index is 1.63. The molecule has 142 valence electrons. The Bertz CT molecular complexity index is 969. The summed E-state index contributed by atoms with van der Waals surface area (Å²) in [5.41, 5.74) is 2.57. The average molecular weight is 375 g/mol. The Kier molecular flexibility index (Phi) is 4.89. The molecule has 3 aromatic rings. The summed E-state index contributed by atoms with van der Waals surface area (Å²) in [5, 5.41) is 3.05. The van der Waals surface area contributed by atoms with Crippen LogP contribution in [0.1, 0.15) is 22.6 Å². The number of nitrogens with one attached hydrogen (secondary N) is 1. The van der Waals surface area contributed by atoms with E-state index in [2.05, 4.69) is 5.32 Å². The van der Waals surface area contributed by atoms with E-state index in [0.29, 0.717) is 29.5 Å². The summed E-state index contributed by atoms with van der Waals surface area (Å²) in [7, 11) is 3.22. The van der Waals surface area contributed by atoms with Gasteiger partial charge in [-0.15, -0.1) is 0 Å². The number of carbonyl (C=O) groups excluding carboxylic acids is 1. The molecule has 1 amide bonds. The molecule has 0 spiro atoms. The van der Waals surface area contributed by atoms with E-state index in [9.17, 15) is 4.79 Å². The maximum atomic E-state index is 13.2. The highest BCUT2D eigenvalue weighted by Gasteiger charge is 2.32. The number of hydrogen-bond acceptors (Lipinski definition) is 4. The maximum Gasteiger partial charge on any atom is 0.232 e. The van der Waals surface area contributed by atoms with Gasteiger partial charge in [0.2, 0.25) is 5.91 Å². The highest BCUT2D eigenvalue weighted by atomic mass is 16.5. The minimum Gasteiger partial charge on any atom is -0.497 e. The number of ether oxygens (including phenoxy) is 3. The molecule has 0 unspecified atom stereocenters. The van der Waals surface area contributed by atoms with Crippen LogP contribution in [0.25, 0.3) is 0 Å². The van der Waals surface area contributed by atoms with Gasteiger partial charge < -0.3 is 19.5 Å². The summed E-state index contributed by atoms with van der Waals surface area (Å²) in [6.45, 7) is 0.334. The zero-order valence-electron chi connectivity index (χ0n) is 15.8. The van der Waals surface area contributed by atoms with Crippen LogP contribution in [0.5, 0.6) is 23.0 Å². The second-order valence-corrected chi connectivity index (χ2v) is 6.51. The Labute approximate surface area is 163 Å². The van der Waals surface area contributed by atoms with Gasteiger partial charge in [-0.2, -0.15) is 0 Å². The van der Waals surface area contributed by atoms with Crippen LogP contribution in [-0.4, -0.2) is 20.1 Å². The van der Waals surface area contributed by atoms with Crippen LogP contribution < -0.4 is 19.5 Å². The molecular formula is C23H21NO4. The molecule has 1 aliphatic rings. The number of benzene rings is 3. The molecule has 0 radical (unpaired) electrons. The SMILES string of the molecule is COc1ccc(OC)c(CNC(=O)C2c3ccccc3Oc3ccccc32)c1. The van der Waals surface area contributed by atoms with Crippen molar-refractivity contribution in [3.05, 3.63) is 83.4 Å². The molecule has 0 saturated heterocycles. The second kappa shape index (κ2) is 7.64. The van der Waals surface area contributed by atoms with Crippen molar-refractivity contribution in [3.8, 4) is 23.0 Å². The smallest absolute Gasteiger partial charge is 0.232 e. The highest BCUT2D eigenvalue weighted by molar-refractivity contribution is 5.89. The van der Waals surface area contributed by atoms with Crippen LogP contribution in [0.4, 0.5) is 0 Å². The summed E-state index contributed by atoms with van der Waals surface area (Å²) in [6.07, 6.45) is 0. The first-order valence-corrected chi connectivity index (χ1v) is 9.05. The molecule has 1 aliphatic heterocycles. The van der Waals surface area contributed by atoms with Gasteiger partial charge in [-0.1, -0.05) is 36.4 Å². The third-order valence-electron chi connectivity index (χ3n) is 4.88. The Morgan fingerprint density at radius 2 is 1.57 bits per heavy atom. The molecule has 5 heteroatoms. The van der Waals surface area contributed by atoms with Gasteiger partial charge in [-0.25, -0.2) is 0 Å². The lowest BCUT2D eigenvalue weighted by molar-refractivity contribution is -0.122. The van der Waals surface area contributed by atoms with E-state index in [-0.39, 0.29) is 5.91 Å². The van der Waals surface area contributed by atoms with Crippen LogP contribution in [0.15, 0.2) is 66.7 Å². The highest BCUT2D eigenvalue weighted by Crippen LogP contribution is 2.43. The van der Waals surface area contributed by atoms with Crippen molar-refractivity contribution in [1.29, 1.82) is 0 Å². The minimum atomic E-state index is -0.433. The first-order chi connectivity index (χ1) is 13.7. The van der Waals surface area contributed by atoms with Gasteiger partial charge in [0.15, 0.2) is 0 Å². The van der Waals surface area contributed by atoms with Crippen LogP contribution >= 0.6 is 0 Å². The van der Waals surface area contributed by atoms with Crippen molar-refractivity contribution >= 4 is 5.91 Å². The number of fused-ring (bicyclic) bond motifs is 2. The van der Waals surface area contributed by atoms with Gasteiger partial charge in [-0.05, 0) is 30.3 Å². The van der Waals surface area contributed by atoms with E-state index in [4.69, 9.17) is 14.2 Å². The fourth-order valence-electron chi connectivity index (χ4n) is 3.50. The second-order valence-electron chi connectivity index (χ2n) is 6.51. The standard InChI is InChI=1S/C23H21NO4/c1-26-16-11-12-19(27-2)15(13-16)14-24-23(25)22-17-7-3-5-9-20(17)28-21-10-6-4-8-18(21)22/h3-13,22H,14H2,1-2H3,(H,24,25). The quantitative estimate of drug-likeness (QED) is 0.724. The third kappa shape index (κ3) is 3.27. The average Bonchev–Trinajstić information content (AvgIpc) is 2.75. The van der Waals surface area contributed by atoms with Crippen LogP contribution in [0, 0.1) is 0 Å². The maximum absolute atomic E-state index is 13.2. The van der Waals surface area contributed by atoms with Crippen LogP contribution in [0.2, 0.25) is 0 Å². The molecule has 0 bridgehead atoms. The summed E-state index contributed by atoms with van der Waals surface area (Å²) < 4.78 is 16.7. The summed E-state index contributed by atoms with van der Waals surface area (Å²) in [6, 6.07) is 20.8. The molecule has 28 heavy (non-hydrogen) atoms. The van der Waals surface area contributed by atoms with Gasteiger partial charge in [0.25, 0.3) is 0 Å². The molecule has 4 rings (SSSR count). The molecule has 0 fully saturated rings. The molecule has 0 aromatic heterocycles. The monoisotopic (exact) mass is 375 g/mol. The molecule has 0 aliphatic carbocycles. The van der Waals surface area contributed by atoms with E-state index in [1.807, 2.05) is 66.7 Å². The molecule has 5 nitrogen and oxygen atoms in total. The number of amides is 1. The van der Waals surface area contributed by atoms with Gasteiger partial charge in [0, 0.05) is 23.2 Å². The first-order valence-electron chi connectivity index (χ1n) is 9.05. The van der Waals surface area contributed by atoms with Crippen molar-refractivity contribution in [3.63, 3.8) is 0 Å². The molecule has 1 N–H and O–H groups in total. The molecular weight excluding hydrogens is 354 g/mol. The lowest BCUT2D eigenvalue weighted by atomic mass is 9.87. The first kappa shape index (κ1) is 17.9. The predicted molar refractivity (Wildman–Crippen MR) is 106 cm³/mol. The number of carbonyl (C=O) groups is 1. The summed E-state index contributed by atoms with van der Waals surface area (Å²) >= 11 is 0. The number of para-hydroxylation sites is 2. The van der Waals surface area contributed by atoms with Gasteiger partial charge >= 0.3 is 0 Å². The Hall–Kier alpha value is -3.47. The largest absolute Gasteiger partial charge is 0.497 e. The zero-order chi connectivity index (χ0) is 19.5. The normalized spacial score (nSPS) is 12.4. The molecule has 3 aromatic carbocycles. The van der Waals surface area contributed by atoms with Crippen molar-refractivity contribution in [2.45, 2.75) is 12.5 Å². The summed E-state index contributed by atoms with van der Waals surface area (Å²) in [4.78, 5) is 13.2. The number of hydrogen-bond donors (Lipinski definition) is 1. The molecule has 1 heterocycles. The van der Waals surface area contributed by atoms with Gasteiger partial charge in [-0.3, -0.25) is 4.79 Å². The van der Waals surface area contributed by atoms with Crippen molar-refractivity contribution in [1.82, 2.24) is 5.32 Å². The fourth-order valence-corrected chi connectivity index (χ4v) is 3.50. The zero-order valence-corrected chi connectivity index (χ0v) is 15.8. The molecule has 0 saturated carbocycles. The van der Waals surface area contributed by atoms with E-state index < -0.39 is 5.92 Å². The summed E-state index contributed by atoms with van der Waals surface area (Å²) in [5.74, 6) is 2.31. The Morgan fingerprint density at radius 1 is 0.929 bits per heavy atom. The predicted octanol–water partition coefficient (Wildman–Crippen LogP) is 4.26. The third-order valence-corrected chi connectivity index (χ3v) is 4.88. The van der Waals surface area contributed by atoms with Gasteiger partial charge in [0.05, 0.1) is 20.1 Å². The lowest BCUT2D eigenvalue weighted by Crippen LogP contribution is -2.31. The van der Waals surface area contributed by atoms with E-state index in [1.165, 1.54) is 0 Å². The Morgan fingerprint density at radius 3 is 2.18 bits per heavy atom. The molecule has 0 atom stereocenters. The van der Waals surface area contributed by atoms with Crippen molar-refractivity contribution < 1.29 is 19.0 Å². The van der Waals surface area contributed by atoms with Crippen molar-refractivity contribution in [2.24, 2.45) is 0 Å². The number of rotatable bonds is 5. The number of methoxy groups -OCH3 is 2. The van der Waals surface area contributed by atoms with Crippen LogP contribution in [0.3, 0.4) is 0 Å². The lowest BCUT2D eigenvalue weighted by Gasteiger charge is -2.27. The van der Waals surface area contributed by atoms with E-state index in [0.717, 1.165) is 16.7 Å². The van der Waals surface area contributed by atoms with Gasteiger partial charge in [0.1, 0.15) is 23.0 Å². The minimum absolute atomic E-state index is 0.0897. The van der Waals surface area contributed by atoms with Crippen molar-refractivity contribution in [2.75, 3.05) is 14.2 Å².